The SMILES string of the molecule is O=C(Nc1sc2c(c1C(=O)NCc1ccccc1)CCCC2)c1cccnc1. The van der Waals surface area contributed by atoms with Crippen molar-refractivity contribution in [2.45, 2.75) is 32.2 Å². The standard InChI is InChI=1S/C22H21N3O2S/c26-20(16-9-6-12-23-14-16)25-22-19(17-10-4-5-11-18(17)28-22)21(27)24-13-15-7-2-1-3-8-15/h1-3,6-9,12,14H,4-5,10-11,13H2,(H,24,27)(H,25,26). The molecule has 1 aliphatic carbocycles. The minimum Gasteiger partial charge on any atom is -0.348 e. The third-order valence-electron chi connectivity index (χ3n) is 4.85. The zero-order valence-corrected chi connectivity index (χ0v) is 16.2. The molecule has 5 nitrogen and oxygen atoms in total. The van der Waals surface area contributed by atoms with E-state index in [1.165, 1.54) is 22.4 Å². The van der Waals surface area contributed by atoms with Crippen LogP contribution in [0.25, 0.3) is 0 Å². The summed E-state index contributed by atoms with van der Waals surface area (Å²) >= 11 is 1.52. The molecule has 0 radical (unpaired) electrons. The first-order chi connectivity index (χ1) is 13.7. The quantitative estimate of drug-likeness (QED) is 0.685. The zero-order valence-electron chi connectivity index (χ0n) is 15.4. The number of nitrogens with one attached hydrogen (secondary N) is 2. The Bertz CT molecular complexity index is 984. The highest BCUT2D eigenvalue weighted by atomic mass is 32.1. The van der Waals surface area contributed by atoms with Gasteiger partial charge in [0.1, 0.15) is 5.00 Å². The van der Waals surface area contributed by atoms with Gasteiger partial charge in [0.25, 0.3) is 11.8 Å². The highest BCUT2D eigenvalue weighted by Crippen LogP contribution is 2.38. The van der Waals surface area contributed by atoms with Crippen molar-refractivity contribution in [2.24, 2.45) is 0 Å². The van der Waals surface area contributed by atoms with Crippen LogP contribution in [0.5, 0.6) is 0 Å². The summed E-state index contributed by atoms with van der Waals surface area (Å²) in [6.45, 7) is 0.459. The van der Waals surface area contributed by atoms with Crippen molar-refractivity contribution in [1.82, 2.24) is 10.3 Å². The molecule has 28 heavy (non-hydrogen) atoms. The van der Waals surface area contributed by atoms with Crippen LogP contribution >= 0.6 is 11.3 Å². The lowest BCUT2D eigenvalue weighted by Crippen LogP contribution is -2.25. The Morgan fingerprint density at radius 2 is 1.82 bits per heavy atom. The largest absolute Gasteiger partial charge is 0.348 e. The van der Waals surface area contributed by atoms with Gasteiger partial charge in [-0.1, -0.05) is 30.3 Å². The second kappa shape index (κ2) is 8.35. The number of hydrogen-bond acceptors (Lipinski definition) is 4. The van der Waals surface area contributed by atoms with Crippen LogP contribution in [0.1, 0.15) is 49.6 Å². The zero-order chi connectivity index (χ0) is 19.3. The summed E-state index contributed by atoms with van der Waals surface area (Å²) in [5, 5.41) is 6.58. The van der Waals surface area contributed by atoms with Crippen molar-refractivity contribution in [3.05, 3.63) is 82.0 Å². The van der Waals surface area contributed by atoms with E-state index in [1.807, 2.05) is 30.3 Å². The average Bonchev–Trinajstić information content (AvgIpc) is 3.11. The molecular weight excluding hydrogens is 370 g/mol. The van der Waals surface area contributed by atoms with Gasteiger partial charge in [0.2, 0.25) is 0 Å². The number of hydrogen-bond donors (Lipinski definition) is 2. The number of aryl methyl sites for hydroxylation is 1. The number of anilines is 1. The van der Waals surface area contributed by atoms with Crippen LogP contribution < -0.4 is 10.6 Å². The third-order valence-corrected chi connectivity index (χ3v) is 6.05. The first kappa shape index (κ1) is 18.4. The topological polar surface area (TPSA) is 71.1 Å². The van der Waals surface area contributed by atoms with Gasteiger partial charge in [-0.2, -0.15) is 0 Å². The van der Waals surface area contributed by atoms with E-state index in [0.717, 1.165) is 36.8 Å². The Balaban J connectivity index is 1.58. The predicted molar refractivity (Wildman–Crippen MR) is 111 cm³/mol. The number of carbonyl (C=O) groups excluding carboxylic acids is 2. The van der Waals surface area contributed by atoms with Gasteiger partial charge in [0.15, 0.2) is 0 Å². The van der Waals surface area contributed by atoms with E-state index in [0.29, 0.717) is 22.7 Å². The van der Waals surface area contributed by atoms with E-state index < -0.39 is 0 Å². The summed E-state index contributed by atoms with van der Waals surface area (Å²) in [4.78, 5) is 30.8. The maximum atomic E-state index is 13.0. The first-order valence-electron chi connectivity index (χ1n) is 9.40. The molecule has 6 heteroatoms. The van der Waals surface area contributed by atoms with E-state index in [9.17, 15) is 9.59 Å². The Hall–Kier alpha value is -2.99. The number of fused-ring (bicyclic) bond motifs is 1. The minimum absolute atomic E-state index is 0.135. The number of amides is 2. The highest BCUT2D eigenvalue weighted by molar-refractivity contribution is 7.17. The number of pyridine rings is 1. The maximum absolute atomic E-state index is 13.0. The van der Waals surface area contributed by atoms with Gasteiger partial charge in [-0.15, -0.1) is 11.3 Å². The molecule has 4 rings (SSSR count). The fourth-order valence-corrected chi connectivity index (χ4v) is 4.71. The molecule has 1 aromatic carbocycles. The number of carbonyl (C=O) groups is 2. The van der Waals surface area contributed by atoms with Crippen molar-refractivity contribution in [2.75, 3.05) is 5.32 Å². The number of thiophene rings is 1. The van der Waals surface area contributed by atoms with Gasteiger partial charge < -0.3 is 10.6 Å². The Morgan fingerprint density at radius 3 is 2.61 bits per heavy atom. The maximum Gasteiger partial charge on any atom is 0.257 e. The van der Waals surface area contributed by atoms with E-state index in [4.69, 9.17) is 0 Å². The number of nitrogens with zero attached hydrogens (tertiary/aromatic N) is 1. The molecule has 0 saturated heterocycles. The van der Waals surface area contributed by atoms with Crippen molar-refractivity contribution >= 4 is 28.2 Å². The van der Waals surface area contributed by atoms with Crippen LogP contribution in [-0.4, -0.2) is 16.8 Å². The number of aromatic nitrogens is 1. The molecule has 0 aliphatic heterocycles. The van der Waals surface area contributed by atoms with Gasteiger partial charge in [-0.05, 0) is 48.9 Å². The number of rotatable bonds is 5. The average molecular weight is 391 g/mol. The lowest BCUT2D eigenvalue weighted by molar-refractivity contribution is 0.0951. The summed E-state index contributed by atoms with van der Waals surface area (Å²) in [5.74, 6) is -0.381. The Labute approximate surface area is 167 Å². The second-order valence-corrected chi connectivity index (χ2v) is 7.88. The minimum atomic E-state index is -0.246. The molecule has 3 aromatic rings. The molecule has 0 bridgehead atoms. The van der Waals surface area contributed by atoms with Crippen LogP contribution in [0.15, 0.2) is 54.9 Å². The van der Waals surface area contributed by atoms with Crippen molar-refractivity contribution in [3.63, 3.8) is 0 Å². The second-order valence-electron chi connectivity index (χ2n) is 6.78. The summed E-state index contributed by atoms with van der Waals surface area (Å²) in [5.41, 5.74) is 3.22. The van der Waals surface area contributed by atoms with Gasteiger partial charge >= 0.3 is 0 Å². The summed E-state index contributed by atoms with van der Waals surface area (Å²) in [6.07, 6.45) is 7.18. The van der Waals surface area contributed by atoms with Crippen LogP contribution in [0, 0.1) is 0 Å². The van der Waals surface area contributed by atoms with E-state index in [1.54, 1.807) is 18.3 Å². The van der Waals surface area contributed by atoms with E-state index in [-0.39, 0.29) is 11.8 Å². The molecule has 0 fully saturated rings. The van der Waals surface area contributed by atoms with E-state index >= 15 is 0 Å². The van der Waals surface area contributed by atoms with Crippen LogP contribution in [0.2, 0.25) is 0 Å². The lowest BCUT2D eigenvalue weighted by Gasteiger charge is -2.13. The van der Waals surface area contributed by atoms with Crippen LogP contribution in [-0.2, 0) is 19.4 Å². The molecule has 142 valence electrons. The highest BCUT2D eigenvalue weighted by Gasteiger charge is 2.26. The van der Waals surface area contributed by atoms with Crippen molar-refractivity contribution in [1.29, 1.82) is 0 Å². The molecule has 2 amide bonds. The molecule has 0 unspecified atom stereocenters. The fourth-order valence-electron chi connectivity index (χ4n) is 3.43. The third kappa shape index (κ3) is 3.97. The predicted octanol–water partition coefficient (Wildman–Crippen LogP) is 4.20. The summed E-state index contributed by atoms with van der Waals surface area (Å²) in [6, 6.07) is 13.3. The smallest absolute Gasteiger partial charge is 0.257 e. The molecule has 0 atom stereocenters. The van der Waals surface area contributed by atoms with Crippen LogP contribution in [0.3, 0.4) is 0 Å². The van der Waals surface area contributed by atoms with Crippen LogP contribution in [0.4, 0.5) is 5.00 Å². The normalized spacial score (nSPS) is 12.9. The Morgan fingerprint density at radius 1 is 1.00 bits per heavy atom. The molecular formula is C22H21N3O2S. The van der Waals surface area contributed by atoms with Gasteiger partial charge in [-0.3, -0.25) is 14.6 Å². The molecule has 2 N–H and O–H groups in total. The molecule has 2 aromatic heterocycles. The molecule has 1 aliphatic rings. The van der Waals surface area contributed by atoms with Crippen molar-refractivity contribution < 1.29 is 9.59 Å². The summed E-state index contributed by atoms with van der Waals surface area (Å²) in [7, 11) is 0. The Kier molecular flexibility index (Phi) is 5.48. The lowest BCUT2D eigenvalue weighted by atomic mass is 9.95. The van der Waals surface area contributed by atoms with Gasteiger partial charge in [0.05, 0.1) is 11.1 Å². The molecule has 0 spiro atoms. The monoisotopic (exact) mass is 391 g/mol. The van der Waals surface area contributed by atoms with E-state index in [2.05, 4.69) is 15.6 Å². The van der Waals surface area contributed by atoms with Gasteiger partial charge in [0, 0.05) is 23.8 Å². The molecule has 0 saturated carbocycles. The fraction of sp³-hybridized carbons (Fsp3) is 0.227. The first-order valence-corrected chi connectivity index (χ1v) is 10.2. The van der Waals surface area contributed by atoms with Crippen molar-refractivity contribution in [3.8, 4) is 0 Å². The number of benzene rings is 1. The van der Waals surface area contributed by atoms with Gasteiger partial charge in [-0.25, -0.2) is 0 Å². The summed E-state index contributed by atoms with van der Waals surface area (Å²) < 4.78 is 0. The molecule has 2 heterocycles.